The molecule has 1 aliphatic rings. The van der Waals surface area contributed by atoms with Crippen molar-refractivity contribution in [2.24, 2.45) is 0 Å². The van der Waals surface area contributed by atoms with Gasteiger partial charge < -0.3 is 9.99 Å². The molecule has 0 unspecified atom stereocenters. The summed E-state index contributed by atoms with van der Waals surface area (Å²) in [4.78, 5) is 9.17. The Hall–Kier alpha value is -1.16. The zero-order valence-corrected chi connectivity index (χ0v) is 5.07. The zero-order chi connectivity index (χ0) is 6.97. The van der Waals surface area contributed by atoms with Gasteiger partial charge >= 0.3 is 7.48 Å². The molecule has 1 N–H and O–H groups in total. The van der Waals surface area contributed by atoms with Crippen LogP contribution >= 0.6 is 0 Å². The number of hydrogen-bond acceptors (Lipinski definition) is 3. The Balaban J connectivity index is 2.59. The van der Waals surface area contributed by atoms with Crippen molar-refractivity contribution in [2.45, 2.75) is 0 Å². The van der Waals surface area contributed by atoms with Gasteiger partial charge in [0.15, 0.2) is 5.75 Å². The van der Waals surface area contributed by atoms with Gasteiger partial charge in [-0.3, -0.25) is 4.81 Å². The maximum Gasteiger partial charge on any atom is 0.406 e. The molecule has 0 aromatic heterocycles. The van der Waals surface area contributed by atoms with Crippen LogP contribution < -0.4 is 10.4 Å². The summed E-state index contributed by atoms with van der Waals surface area (Å²) < 4.78 is 0. The maximum absolute atomic E-state index is 9.14. The SMILES string of the molecule is Oc1cccc2c1[B]OO2. The van der Waals surface area contributed by atoms with Crippen LogP contribution in [-0.4, -0.2) is 12.6 Å². The predicted octanol–water partition coefficient (Wildman–Crippen LogP) is -0.0393. The lowest BCUT2D eigenvalue weighted by molar-refractivity contribution is -0.0860. The fourth-order valence-electron chi connectivity index (χ4n) is 0.848. The van der Waals surface area contributed by atoms with Crippen LogP contribution in [0.15, 0.2) is 18.2 Å². The van der Waals surface area contributed by atoms with E-state index in [9.17, 15) is 0 Å². The van der Waals surface area contributed by atoms with E-state index in [-0.39, 0.29) is 5.75 Å². The van der Waals surface area contributed by atoms with Gasteiger partial charge in [-0.2, -0.15) is 0 Å². The van der Waals surface area contributed by atoms with Gasteiger partial charge in [0.05, 0.1) is 0 Å². The Bertz CT molecular complexity index is 261. The van der Waals surface area contributed by atoms with Gasteiger partial charge in [-0.1, -0.05) is 6.07 Å². The highest BCUT2D eigenvalue weighted by atomic mass is 17.2. The lowest BCUT2D eigenvalue weighted by atomic mass is 9.88. The van der Waals surface area contributed by atoms with Gasteiger partial charge in [0.25, 0.3) is 0 Å². The molecule has 4 heteroatoms. The molecule has 0 bridgehead atoms. The zero-order valence-electron chi connectivity index (χ0n) is 5.07. The Morgan fingerprint density at radius 2 is 2.30 bits per heavy atom. The summed E-state index contributed by atoms with van der Waals surface area (Å²) in [7, 11) is 1.37. The molecule has 1 radical (unpaired) electrons. The second kappa shape index (κ2) is 1.92. The van der Waals surface area contributed by atoms with Crippen LogP contribution in [0.25, 0.3) is 0 Å². The molecule has 0 aliphatic carbocycles. The fraction of sp³-hybridized carbons (Fsp3) is 0. The Morgan fingerprint density at radius 1 is 1.40 bits per heavy atom. The number of fused-ring (bicyclic) bond motifs is 1. The third kappa shape index (κ3) is 0.658. The van der Waals surface area contributed by atoms with Crippen LogP contribution in [0.5, 0.6) is 11.5 Å². The van der Waals surface area contributed by atoms with E-state index in [0.29, 0.717) is 11.2 Å². The summed E-state index contributed by atoms with van der Waals surface area (Å²) in [5, 5.41) is 9.14. The number of rotatable bonds is 0. The number of phenols is 1. The summed E-state index contributed by atoms with van der Waals surface area (Å²) in [6, 6.07) is 4.99. The van der Waals surface area contributed by atoms with Crippen LogP contribution in [0.2, 0.25) is 0 Å². The minimum absolute atomic E-state index is 0.176. The average Bonchev–Trinajstić information content (AvgIpc) is 2.36. The Kier molecular flexibility index (Phi) is 1.08. The number of phenolic OH excluding ortho intramolecular Hbond substituents is 1. The molecule has 1 heterocycles. The molecule has 0 fully saturated rings. The number of benzene rings is 1. The van der Waals surface area contributed by atoms with Crippen LogP contribution in [0.3, 0.4) is 0 Å². The molecule has 0 saturated carbocycles. The van der Waals surface area contributed by atoms with E-state index in [1.165, 1.54) is 7.48 Å². The molecule has 0 atom stereocenters. The van der Waals surface area contributed by atoms with Crippen molar-refractivity contribution in [2.75, 3.05) is 0 Å². The van der Waals surface area contributed by atoms with Crippen molar-refractivity contribution in [3.63, 3.8) is 0 Å². The van der Waals surface area contributed by atoms with Crippen molar-refractivity contribution in [1.29, 1.82) is 0 Å². The third-order valence-electron chi connectivity index (χ3n) is 1.35. The normalized spacial score (nSPS) is 13.6. The Morgan fingerprint density at radius 3 is 3.10 bits per heavy atom. The lowest BCUT2D eigenvalue weighted by Gasteiger charge is -1.95. The van der Waals surface area contributed by atoms with Crippen LogP contribution in [0.4, 0.5) is 0 Å². The molecule has 0 amide bonds. The summed E-state index contributed by atoms with van der Waals surface area (Å²) in [5.41, 5.74) is 0.600. The van der Waals surface area contributed by atoms with Crippen molar-refractivity contribution >= 4 is 12.9 Å². The standard InChI is InChI=1S/C6H4BO3/c8-4-2-1-3-5-6(4)7-10-9-5/h1-3,8H. The highest BCUT2D eigenvalue weighted by Crippen LogP contribution is 2.18. The minimum Gasteiger partial charge on any atom is -0.508 e. The topological polar surface area (TPSA) is 38.7 Å². The first-order valence-corrected chi connectivity index (χ1v) is 2.86. The molecule has 49 valence electrons. The minimum atomic E-state index is 0.176. The van der Waals surface area contributed by atoms with Gasteiger partial charge in [0.2, 0.25) is 0 Å². The molecule has 1 aromatic carbocycles. The fourth-order valence-corrected chi connectivity index (χ4v) is 0.848. The van der Waals surface area contributed by atoms with Gasteiger partial charge in [0.1, 0.15) is 5.75 Å². The molecule has 2 rings (SSSR count). The molecular weight excluding hydrogens is 131 g/mol. The first kappa shape index (κ1) is 5.62. The Labute approximate surface area is 58.4 Å². The third-order valence-corrected chi connectivity index (χ3v) is 1.35. The van der Waals surface area contributed by atoms with E-state index < -0.39 is 0 Å². The van der Waals surface area contributed by atoms with E-state index in [1.54, 1.807) is 18.2 Å². The van der Waals surface area contributed by atoms with Crippen LogP contribution in [0.1, 0.15) is 0 Å². The van der Waals surface area contributed by atoms with Crippen molar-refractivity contribution in [3.05, 3.63) is 18.2 Å². The lowest BCUT2D eigenvalue weighted by Crippen LogP contribution is -2.08. The van der Waals surface area contributed by atoms with Crippen LogP contribution in [0, 0.1) is 0 Å². The van der Waals surface area contributed by atoms with Crippen molar-refractivity contribution in [3.8, 4) is 11.5 Å². The van der Waals surface area contributed by atoms with Gasteiger partial charge in [-0.05, 0) is 12.1 Å². The molecule has 0 spiro atoms. The van der Waals surface area contributed by atoms with E-state index in [0.717, 1.165) is 0 Å². The largest absolute Gasteiger partial charge is 0.508 e. The number of hydrogen-bond donors (Lipinski definition) is 1. The average molecular weight is 135 g/mol. The molecular formula is C6H4BO3. The quantitative estimate of drug-likeness (QED) is 0.400. The first-order chi connectivity index (χ1) is 4.88. The highest BCUT2D eigenvalue weighted by Gasteiger charge is 2.19. The van der Waals surface area contributed by atoms with Crippen LogP contribution in [-0.2, 0) is 4.81 Å². The molecule has 3 nitrogen and oxygen atoms in total. The summed E-state index contributed by atoms with van der Waals surface area (Å²) in [6.07, 6.45) is 0. The second-order valence-electron chi connectivity index (χ2n) is 1.99. The summed E-state index contributed by atoms with van der Waals surface area (Å²) >= 11 is 0. The first-order valence-electron chi connectivity index (χ1n) is 2.86. The van der Waals surface area contributed by atoms with Gasteiger partial charge in [0, 0.05) is 5.46 Å². The number of aromatic hydroxyl groups is 1. The van der Waals surface area contributed by atoms with E-state index in [1.807, 2.05) is 0 Å². The monoisotopic (exact) mass is 135 g/mol. The van der Waals surface area contributed by atoms with E-state index in [4.69, 9.17) is 5.11 Å². The predicted molar refractivity (Wildman–Crippen MR) is 35.2 cm³/mol. The molecule has 0 saturated heterocycles. The highest BCUT2D eigenvalue weighted by molar-refractivity contribution is 6.50. The molecule has 1 aromatic rings. The van der Waals surface area contributed by atoms with E-state index >= 15 is 0 Å². The molecule has 10 heavy (non-hydrogen) atoms. The summed E-state index contributed by atoms with van der Waals surface area (Å²) in [5.74, 6) is 0.731. The van der Waals surface area contributed by atoms with E-state index in [2.05, 4.69) is 9.69 Å². The smallest absolute Gasteiger partial charge is 0.406 e. The second-order valence-corrected chi connectivity index (χ2v) is 1.99. The van der Waals surface area contributed by atoms with Gasteiger partial charge in [-0.15, -0.1) is 0 Å². The maximum atomic E-state index is 9.14. The van der Waals surface area contributed by atoms with Gasteiger partial charge in [-0.25, -0.2) is 0 Å². The van der Waals surface area contributed by atoms with Crippen molar-refractivity contribution < 1.29 is 14.8 Å². The van der Waals surface area contributed by atoms with Crippen molar-refractivity contribution in [1.82, 2.24) is 0 Å². The molecule has 1 aliphatic heterocycles. The summed E-state index contributed by atoms with van der Waals surface area (Å²) in [6.45, 7) is 0.